The van der Waals surface area contributed by atoms with Crippen molar-refractivity contribution in [3.05, 3.63) is 27.2 Å². The summed E-state index contributed by atoms with van der Waals surface area (Å²) in [5, 5.41) is 16.9. The van der Waals surface area contributed by atoms with Crippen molar-refractivity contribution in [2.75, 3.05) is 6.61 Å². The molecule has 0 aromatic rings. The van der Waals surface area contributed by atoms with E-state index in [-0.39, 0.29) is 0 Å². The van der Waals surface area contributed by atoms with Gasteiger partial charge in [0.25, 0.3) is 10.2 Å². The lowest BCUT2D eigenvalue weighted by atomic mass is 10.5. The number of nitrogens with zero attached hydrogens (tertiary/aromatic N) is 2. The van der Waals surface area contributed by atoms with Crippen molar-refractivity contribution in [3.8, 4) is 0 Å². The zero-order valence-electron chi connectivity index (χ0n) is 5.34. The molecular formula is C3H5N2O6. The minimum atomic E-state index is -1.18. The second-order valence-electron chi connectivity index (χ2n) is 1.47. The van der Waals surface area contributed by atoms with Crippen LogP contribution in [0.25, 0.3) is 0 Å². The molecule has 0 saturated carbocycles. The Morgan fingerprint density at radius 1 is 1.36 bits per heavy atom. The van der Waals surface area contributed by atoms with Gasteiger partial charge in [0.15, 0.2) is 0 Å². The van der Waals surface area contributed by atoms with Gasteiger partial charge in [-0.25, -0.2) is 0 Å². The zero-order valence-corrected chi connectivity index (χ0v) is 5.34. The minimum absolute atomic E-state index is 0.562. The molecule has 0 amide bonds. The molecule has 0 rings (SSSR count). The first-order valence-corrected chi connectivity index (χ1v) is 2.44. The lowest BCUT2D eigenvalue weighted by Crippen LogP contribution is -2.21. The molecule has 0 fully saturated rings. The predicted molar refractivity (Wildman–Crippen MR) is 30.2 cm³/mol. The summed E-state index contributed by atoms with van der Waals surface area (Å²) in [6.45, 7) is 2.50. The fourth-order valence-electron chi connectivity index (χ4n) is 0.296. The molecule has 1 radical (unpaired) electrons. The van der Waals surface area contributed by atoms with Gasteiger partial charge in [-0.2, -0.15) is 0 Å². The minimum Gasteiger partial charge on any atom is -0.312 e. The molecule has 1 atom stereocenters. The molecule has 8 heteroatoms. The fourth-order valence-corrected chi connectivity index (χ4v) is 0.296. The average Bonchev–Trinajstić information content (AvgIpc) is 1.82. The van der Waals surface area contributed by atoms with Crippen LogP contribution in [0.15, 0.2) is 0 Å². The van der Waals surface area contributed by atoms with Gasteiger partial charge in [-0.15, -0.1) is 20.2 Å². The first kappa shape index (κ1) is 9.40. The third-order valence-electron chi connectivity index (χ3n) is 0.601. The SMILES string of the molecule is [CH2][C@@H](CO[N+](=O)[O-])O[N+](=O)[O-]. The van der Waals surface area contributed by atoms with Gasteiger partial charge < -0.3 is 9.68 Å². The Hall–Kier alpha value is -1.60. The molecule has 0 heterocycles. The predicted octanol–water partition coefficient (Wildman–Crippen LogP) is -0.394. The standard InChI is InChI=1S/C3H5N2O6/c1-3(11-5(8)9)2-10-4(6)7/h3H,1-2H2/t3-/m0/s1. The summed E-state index contributed by atoms with van der Waals surface area (Å²) < 4.78 is 0. The van der Waals surface area contributed by atoms with E-state index in [4.69, 9.17) is 0 Å². The van der Waals surface area contributed by atoms with Crippen molar-refractivity contribution in [2.45, 2.75) is 6.10 Å². The molecular weight excluding hydrogens is 160 g/mol. The first-order chi connectivity index (χ1) is 5.02. The van der Waals surface area contributed by atoms with Crippen molar-refractivity contribution < 1.29 is 19.8 Å². The molecule has 0 aliphatic rings. The van der Waals surface area contributed by atoms with E-state index < -0.39 is 22.9 Å². The van der Waals surface area contributed by atoms with E-state index in [1.807, 2.05) is 0 Å². The summed E-state index contributed by atoms with van der Waals surface area (Å²) in [7, 11) is 0. The molecule has 0 aromatic heterocycles. The third kappa shape index (κ3) is 6.28. The van der Waals surface area contributed by atoms with Crippen LogP contribution in [-0.2, 0) is 9.68 Å². The highest BCUT2D eigenvalue weighted by Gasteiger charge is 2.08. The smallest absolute Gasteiger partial charge is 0.294 e. The summed E-state index contributed by atoms with van der Waals surface area (Å²) >= 11 is 0. The Bertz CT molecular complexity index is 158. The van der Waals surface area contributed by atoms with Gasteiger partial charge in [0.2, 0.25) is 0 Å². The van der Waals surface area contributed by atoms with Crippen molar-refractivity contribution in [2.24, 2.45) is 0 Å². The van der Waals surface area contributed by atoms with Crippen molar-refractivity contribution in [1.82, 2.24) is 0 Å². The van der Waals surface area contributed by atoms with E-state index in [0.717, 1.165) is 0 Å². The normalized spacial score (nSPS) is 11.7. The highest BCUT2D eigenvalue weighted by Crippen LogP contribution is 1.90. The Morgan fingerprint density at radius 2 is 1.91 bits per heavy atom. The van der Waals surface area contributed by atoms with Crippen molar-refractivity contribution in [3.63, 3.8) is 0 Å². The van der Waals surface area contributed by atoms with E-state index >= 15 is 0 Å². The molecule has 0 aliphatic carbocycles. The maximum Gasteiger partial charge on any atom is 0.294 e. The Labute approximate surface area is 60.9 Å². The van der Waals surface area contributed by atoms with Gasteiger partial charge in [-0.1, -0.05) is 0 Å². The second kappa shape index (κ2) is 4.25. The average molecular weight is 165 g/mol. The Morgan fingerprint density at radius 3 is 2.27 bits per heavy atom. The van der Waals surface area contributed by atoms with E-state index in [2.05, 4.69) is 16.6 Å². The highest BCUT2D eigenvalue weighted by atomic mass is 17.0. The monoisotopic (exact) mass is 165 g/mol. The van der Waals surface area contributed by atoms with Gasteiger partial charge in [0, 0.05) is 0 Å². The van der Waals surface area contributed by atoms with Crippen molar-refractivity contribution in [1.29, 1.82) is 0 Å². The van der Waals surface area contributed by atoms with Crippen molar-refractivity contribution >= 4 is 0 Å². The number of hydrogen-bond donors (Lipinski definition) is 0. The van der Waals surface area contributed by atoms with Crippen LogP contribution in [0.1, 0.15) is 0 Å². The molecule has 8 nitrogen and oxygen atoms in total. The van der Waals surface area contributed by atoms with Crippen LogP contribution in [0, 0.1) is 27.2 Å². The highest BCUT2D eigenvalue weighted by molar-refractivity contribution is 4.53. The van der Waals surface area contributed by atoms with E-state index in [1.165, 1.54) is 0 Å². The molecule has 0 bridgehead atoms. The maximum atomic E-state index is 9.57. The van der Waals surface area contributed by atoms with Crippen LogP contribution in [0.5, 0.6) is 0 Å². The molecule has 0 aliphatic heterocycles. The van der Waals surface area contributed by atoms with Gasteiger partial charge in [-0.05, 0) is 6.92 Å². The summed E-state index contributed by atoms with van der Waals surface area (Å²) in [6, 6.07) is 0. The van der Waals surface area contributed by atoms with Crippen LogP contribution in [-0.4, -0.2) is 22.9 Å². The molecule has 0 unspecified atom stereocenters. The fraction of sp³-hybridized carbons (Fsp3) is 0.667. The van der Waals surface area contributed by atoms with Gasteiger partial charge in [0.1, 0.15) is 12.7 Å². The Balaban J connectivity index is 3.44. The molecule has 11 heavy (non-hydrogen) atoms. The molecule has 0 saturated heterocycles. The molecule has 0 spiro atoms. The quantitative estimate of drug-likeness (QED) is 0.405. The van der Waals surface area contributed by atoms with Gasteiger partial charge in [-0.3, -0.25) is 0 Å². The van der Waals surface area contributed by atoms with Gasteiger partial charge in [0.05, 0.1) is 0 Å². The van der Waals surface area contributed by atoms with Crippen LogP contribution in [0.4, 0.5) is 0 Å². The van der Waals surface area contributed by atoms with E-state index in [9.17, 15) is 20.2 Å². The molecule has 0 aromatic carbocycles. The largest absolute Gasteiger partial charge is 0.312 e. The summed E-state index contributed by atoms with van der Waals surface area (Å²) in [6.07, 6.45) is -1.18. The molecule has 63 valence electrons. The van der Waals surface area contributed by atoms with Gasteiger partial charge >= 0.3 is 0 Å². The summed E-state index contributed by atoms with van der Waals surface area (Å²) in [5.74, 6) is 0. The Kier molecular flexibility index (Phi) is 3.63. The van der Waals surface area contributed by atoms with Crippen LogP contribution in [0.2, 0.25) is 0 Å². The number of rotatable bonds is 5. The third-order valence-corrected chi connectivity index (χ3v) is 0.601. The van der Waals surface area contributed by atoms with E-state index in [1.54, 1.807) is 0 Å². The lowest BCUT2D eigenvalue weighted by molar-refractivity contribution is -0.787. The number of hydrogen-bond acceptors (Lipinski definition) is 6. The zero-order chi connectivity index (χ0) is 8.85. The second-order valence-corrected chi connectivity index (χ2v) is 1.47. The van der Waals surface area contributed by atoms with E-state index in [0.29, 0.717) is 0 Å². The van der Waals surface area contributed by atoms with Crippen LogP contribution in [0.3, 0.4) is 0 Å². The summed E-state index contributed by atoms with van der Waals surface area (Å²) in [4.78, 5) is 26.6. The maximum absolute atomic E-state index is 9.57. The molecule has 0 N–H and O–H groups in total. The lowest BCUT2D eigenvalue weighted by Gasteiger charge is -2.05. The first-order valence-electron chi connectivity index (χ1n) is 2.44. The van der Waals surface area contributed by atoms with Crippen LogP contribution >= 0.6 is 0 Å². The summed E-state index contributed by atoms with van der Waals surface area (Å²) in [5.41, 5.74) is 0. The topological polar surface area (TPSA) is 105 Å². The van der Waals surface area contributed by atoms with Crippen LogP contribution < -0.4 is 0 Å².